The van der Waals surface area contributed by atoms with Crippen LogP contribution in [0.1, 0.15) is 11.4 Å². The smallest absolute Gasteiger partial charge is 0.268 e. The molecule has 2 aromatic heterocycles. The van der Waals surface area contributed by atoms with Gasteiger partial charge in [0, 0.05) is 13.1 Å². The third kappa shape index (κ3) is 3.18. The largest absolute Gasteiger partial charge is 0.454 e. The lowest BCUT2D eigenvalue weighted by Crippen LogP contribution is -2.26. The molecule has 0 unspecified atom stereocenters. The summed E-state index contributed by atoms with van der Waals surface area (Å²) >= 11 is 1.34. The molecular weight excluding hydrogens is 354 g/mol. The Balaban J connectivity index is 1.46. The van der Waals surface area contributed by atoms with E-state index in [1.165, 1.54) is 22.3 Å². The van der Waals surface area contributed by atoms with Crippen LogP contribution >= 0.6 is 11.3 Å². The first kappa shape index (κ1) is 16.3. The third-order valence-corrected chi connectivity index (χ3v) is 4.84. The van der Waals surface area contributed by atoms with Gasteiger partial charge in [0.25, 0.3) is 5.56 Å². The van der Waals surface area contributed by atoms with Crippen molar-refractivity contribution >= 4 is 33.5 Å². The minimum absolute atomic E-state index is 0.184. The highest BCUT2D eigenvalue weighted by Gasteiger charge is 2.13. The number of fused-ring (bicyclic) bond motifs is 2. The predicted molar refractivity (Wildman–Crippen MR) is 98.3 cm³/mol. The number of likely N-dealkylation sites (N-methyl/N-ethyl adjacent to an activating group) is 1. The Morgan fingerprint density at radius 3 is 3.08 bits per heavy atom. The molecule has 1 N–H and O–H groups in total. The van der Waals surface area contributed by atoms with E-state index in [2.05, 4.69) is 9.97 Å². The number of aromatic amines is 1. The minimum Gasteiger partial charge on any atom is -0.454 e. The number of hydrogen-bond donors (Lipinski definition) is 1. The molecule has 0 aliphatic carbocycles. The molecule has 0 fully saturated rings. The number of carbonyl (C=O) groups excluding carboxylic acids is 1. The van der Waals surface area contributed by atoms with Crippen LogP contribution in [-0.2, 0) is 11.3 Å². The van der Waals surface area contributed by atoms with Crippen LogP contribution in [0.15, 0.2) is 40.5 Å². The van der Waals surface area contributed by atoms with Crippen molar-refractivity contribution in [1.29, 1.82) is 0 Å². The van der Waals surface area contributed by atoms with Crippen molar-refractivity contribution in [3.63, 3.8) is 0 Å². The van der Waals surface area contributed by atoms with Gasteiger partial charge < -0.3 is 19.4 Å². The summed E-state index contributed by atoms with van der Waals surface area (Å²) < 4.78 is 11.2. The Hall–Kier alpha value is -3.13. The summed E-state index contributed by atoms with van der Waals surface area (Å²) in [5, 5.41) is 1.82. The van der Waals surface area contributed by atoms with Crippen LogP contribution < -0.4 is 15.0 Å². The van der Waals surface area contributed by atoms with Crippen LogP contribution in [0.3, 0.4) is 0 Å². The molecule has 0 bridgehead atoms. The van der Waals surface area contributed by atoms with E-state index in [1.807, 2.05) is 17.5 Å². The normalized spacial score (nSPS) is 12.8. The van der Waals surface area contributed by atoms with E-state index in [0.29, 0.717) is 27.5 Å². The first-order chi connectivity index (χ1) is 12.6. The summed E-state index contributed by atoms with van der Waals surface area (Å²) in [7, 11) is 1.66. The molecule has 0 spiro atoms. The molecule has 1 aliphatic heterocycles. The number of amides is 1. The Bertz CT molecular complexity index is 1070. The number of nitrogens with zero attached hydrogens (tertiary/aromatic N) is 2. The van der Waals surface area contributed by atoms with Gasteiger partial charge in [-0.2, -0.15) is 0 Å². The van der Waals surface area contributed by atoms with Gasteiger partial charge in [-0.05, 0) is 35.2 Å². The highest BCUT2D eigenvalue weighted by Crippen LogP contribution is 2.32. The van der Waals surface area contributed by atoms with Gasteiger partial charge in [0.15, 0.2) is 11.5 Å². The standard InChI is InChI=1S/C18H15N3O4S/c1-21(9-15-19-12-6-7-26-17(12)18(23)20-15)16(22)5-3-11-2-4-13-14(8-11)25-10-24-13/h2-8H,9-10H2,1H3,(H,19,20,23)/b5-3+. The monoisotopic (exact) mass is 369 g/mol. The molecule has 3 heterocycles. The number of H-pyrrole nitrogens is 1. The van der Waals surface area contributed by atoms with E-state index in [-0.39, 0.29) is 24.8 Å². The number of thiophene rings is 1. The fourth-order valence-electron chi connectivity index (χ4n) is 2.61. The minimum atomic E-state index is -0.198. The third-order valence-electron chi connectivity index (χ3n) is 3.94. The molecule has 0 saturated carbocycles. The quantitative estimate of drug-likeness (QED) is 0.714. The summed E-state index contributed by atoms with van der Waals surface area (Å²) in [6.45, 7) is 0.426. The molecule has 8 heteroatoms. The molecule has 3 aromatic rings. The SMILES string of the molecule is CN(Cc1nc2ccsc2c(=O)[nH]1)C(=O)/C=C/c1ccc2c(c1)OCO2. The first-order valence-electron chi connectivity index (χ1n) is 7.89. The summed E-state index contributed by atoms with van der Waals surface area (Å²) in [6.07, 6.45) is 3.18. The van der Waals surface area contributed by atoms with Crippen LogP contribution in [0.2, 0.25) is 0 Å². The highest BCUT2D eigenvalue weighted by atomic mass is 32.1. The number of hydrogen-bond acceptors (Lipinski definition) is 6. The van der Waals surface area contributed by atoms with Gasteiger partial charge in [0.2, 0.25) is 12.7 Å². The van der Waals surface area contributed by atoms with Crippen LogP contribution in [0.5, 0.6) is 11.5 Å². The summed E-state index contributed by atoms with van der Waals surface area (Å²) in [4.78, 5) is 32.9. The van der Waals surface area contributed by atoms with E-state index >= 15 is 0 Å². The first-order valence-corrected chi connectivity index (χ1v) is 8.77. The zero-order chi connectivity index (χ0) is 18.1. The van der Waals surface area contributed by atoms with Gasteiger partial charge in [0.05, 0.1) is 12.1 Å². The average molecular weight is 369 g/mol. The predicted octanol–water partition coefficient (Wildman–Crippen LogP) is 2.39. The average Bonchev–Trinajstić information content (AvgIpc) is 3.28. The van der Waals surface area contributed by atoms with E-state index in [1.54, 1.807) is 25.3 Å². The van der Waals surface area contributed by atoms with Crippen molar-refractivity contribution in [2.24, 2.45) is 0 Å². The molecule has 7 nitrogen and oxygen atoms in total. The molecular formula is C18H15N3O4S. The fraction of sp³-hybridized carbons (Fsp3) is 0.167. The van der Waals surface area contributed by atoms with Crippen molar-refractivity contribution in [2.75, 3.05) is 13.8 Å². The zero-order valence-electron chi connectivity index (χ0n) is 13.9. The van der Waals surface area contributed by atoms with E-state index < -0.39 is 0 Å². The molecule has 0 atom stereocenters. The summed E-state index contributed by atoms with van der Waals surface area (Å²) in [5.41, 5.74) is 1.30. The molecule has 0 radical (unpaired) electrons. The van der Waals surface area contributed by atoms with E-state index in [4.69, 9.17) is 9.47 Å². The topological polar surface area (TPSA) is 84.5 Å². The Morgan fingerprint density at radius 2 is 2.19 bits per heavy atom. The van der Waals surface area contributed by atoms with Gasteiger partial charge in [-0.15, -0.1) is 11.3 Å². The van der Waals surface area contributed by atoms with E-state index in [9.17, 15) is 9.59 Å². The van der Waals surface area contributed by atoms with Gasteiger partial charge in [0.1, 0.15) is 10.5 Å². The van der Waals surface area contributed by atoms with Crippen LogP contribution in [0.4, 0.5) is 0 Å². The maximum Gasteiger partial charge on any atom is 0.268 e. The number of benzene rings is 1. The number of ether oxygens (including phenoxy) is 2. The van der Waals surface area contributed by atoms with Crippen LogP contribution in [0.25, 0.3) is 16.3 Å². The second-order valence-electron chi connectivity index (χ2n) is 5.79. The second kappa shape index (κ2) is 6.64. The number of rotatable bonds is 4. The van der Waals surface area contributed by atoms with Crippen molar-refractivity contribution < 1.29 is 14.3 Å². The molecule has 132 valence electrons. The Kier molecular flexibility index (Phi) is 4.18. The van der Waals surface area contributed by atoms with Gasteiger partial charge in [-0.25, -0.2) is 4.98 Å². The maximum absolute atomic E-state index is 12.3. The lowest BCUT2D eigenvalue weighted by atomic mass is 10.2. The molecule has 1 aliphatic rings. The van der Waals surface area contributed by atoms with Gasteiger partial charge in [-0.1, -0.05) is 6.07 Å². The second-order valence-corrected chi connectivity index (χ2v) is 6.70. The van der Waals surface area contributed by atoms with Crippen LogP contribution in [-0.4, -0.2) is 34.6 Å². The number of carbonyl (C=O) groups is 1. The highest BCUT2D eigenvalue weighted by molar-refractivity contribution is 7.17. The maximum atomic E-state index is 12.3. The molecule has 1 amide bonds. The molecule has 4 rings (SSSR count). The van der Waals surface area contributed by atoms with Crippen LogP contribution in [0, 0.1) is 0 Å². The van der Waals surface area contributed by atoms with Gasteiger partial charge >= 0.3 is 0 Å². The zero-order valence-corrected chi connectivity index (χ0v) is 14.7. The Labute approximate surface area is 152 Å². The molecule has 0 saturated heterocycles. The summed E-state index contributed by atoms with van der Waals surface area (Å²) in [6, 6.07) is 7.26. The van der Waals surface area contributed by atoms with Gasteiger partial charge in [-0.3, -0.25) is 9.59 Å². The fourth-order valence-corrected chi connectivity index (χ4v) is 3.34. The van der Waals surface area contributed by atoms with Crippen molar-refractivity contribution in [1.82, 2.24) is 14.9 Å². The lowest BCUT2D eigenvalue weighted by Gasteiger charge is -2.14. The number of nitrogens with one attached hydrogen (secondary N) is 1. The van der Waals surface area contributed by atoms with Crippen molar-refractivity contribution in [3.8, 4) is 11.5 Å². The molecule has 1 aromatic carbocycles. The Morgan fingerprint density at radius 1 is 1.35 bits per heavy atom. The van der Waals surface area contributed by atoms with E-state index in [0.717, 1.165) is 5.56 Å². The summed E-state index contributed by atoms with van der Waals surface area (Å²) in [5.74, 6) is 1.62. The number of aromatic nitrogens is 2. The lowest BCUT2D eigenvalue weighted by molar-refractivity contribution is -0.125. The molecule has 26 heavy (non-hydrogen) atoms. The van der Waals surface area contributed by atoms with Crippen molar-refractivity contribution in [3.05, 3.63) is 57.5 Å². The van der Waals surface area contributed by atoms with Crippen molar-refractivity contribution in [2.45, 2.75) is 6.54 Å².